The molecule has 0 amide bonds. The van der Waals surface area contributed by atoms with Crippen molar-refractivity contribution >= 4 is 27.9 Å². The van der Waals surface area contributed by atoms with Crippen LogP contribution in [0, 0.1) is 6.92 Å². The van der Waals surface area contributed by atoms with E-state index in [9.17, 15) is 4.79 Å². The van der Waals surface area contributed by atoms with Crippen LogP contribution in [0.3, 0.4) is 0 Å². The zero-order chi connectivity index (χ0) is 15.0. The number of carbonyl (C=O) groups is 1. The van der Waals surface area contributed by atoms with Crippen molar-refractivity contribution in [3.63, 3.8) is 0 Å². The SMILES string of the molecule is COc1cc2nc(-c3ccc(C(=O)Cl)cc3)oc2cc1C. The molecule has 0 bridgehead atoms. The van der Waals surface area contributed by atoms with Crippen molar-refractivity contribution in [3.8, 4) is 17.2 Å². The van der Waals surface area contributed by atoms with E-state index in [-0.39, 0.29) is 0 Å². The number of aromatic nitrogens is 1. The van der Waals surface area contributed by atoms with E-state index in [0.29, 0.717) is 17.0 Å². The van der Waals surface area contributed by atoms with Crippen molar-refractivity contribution in [2.24, 2.45) is 0 Å². The van der Waals surface area contributed by atoms with Crippen LogP contribution in [0.15, 0.2) is 40.8 Å². The van der Waals surface area contributed by atoms with Crippen LogP contribution in [0.4, 0.5) is 0 Å². The molecule has 106 valence electrons. The molecule has 0 fully saturated rings. The number of ether oxygens (including phenoxy) is 1. The lowest BCUT2D eigenvalue weighted by Crippen LogP contribution is -1.87. The fourth-order valence-corrected chi connectivity index (χ4v) is 2.27. The summed E-state index contributed by atoms with van der Waals surface area (Å²) in [7, 11) is 1.62. The van der Waals surface area contributed by atoms with Gasteiger partial charge in [0.1, 0.15) is 11.3 Å². The highest BCUT2D eigenvalue weighted by atomic mass is 35.5. The number of aryl methyl sites for hydroxylation is 1. The zero-order valence-corrected chi connectivity index (χ0v) is 12.3. The maximum atomic E-state index is 11.1. The molecule has 0 aliphatic rings. The minimum Gasteiger partial charge on any atom is -0.496 e. The third-order valence-electron chi connectivity index (χ3n) is 3.26. The van der Waals surface area contributed by atoms with Gasteiger partial charge in [-0.05, 0) is 54.4 Å². The predicted molar refractivity (Wildman–Crippen MR) is 80.9 cm³/mol. The first-order valence-electron chi connectivity index (χ1n) is 6.34. The Morgan fingerprint density at radius 1 is 1.24 bits per heavy atom. The monoisotopic (exact) mass is 301 g/mol. The summed E-state index contributed by atoms with van der Waals surface area (Å²) in [6.45, 7) is 1.95. The van der Waals surface area contributed by atoms with Gasteiger partial charge >= 0.3 is 0 Å². The van der Waals surface area contributed by atoms with Crippen LogP contribution in [0.2, 0.25) is 0 Å². The van der Waals surface area contributed by atoms with Gasteiger partial charge in [0.05, 0.1) is 7.11 Å². The number of rotatable bonds is 3. The maximum Gasteiger partial charge on any atom is 0.252 e. The Morgan fingerprint density at radius 3 is 2.57 bits per heavy atom. The van der Waals surface area contributed by atoms with Gasteiger partial charge in [-0.1, -0.05) is 0 Å². The van der Waals surface area contributed by atoms with Crippen LogP contribution in [-0.2, 0) is 0 Å². The molecule has 3 aromatic rings. The van der Waals surface area contributed by atoms with Gasteiger partial charge in [0.15, 0.2) is 5.58 Å². The lowest BCUT2D eigenvalue weighted by atomic mass is 10.1. The first-order chi connectivity index (χ1) is 10.1. The summed E-state index contributed by atoms with van der Waals surface area (Å²) < 4.78 is 11.0. The minimum atomic E-state index is -0.487. The average Bonchev–Trinajstić information content (AvgIpc) is 2.89. The molecule has 3 rings (SSSR count). The molecule has 2 aromatic carbocycles. The van der Waals surface area contributed by atoms with E-state index in [1.807, 2.05) is 19.1 Å². The molecule has 0 atom stereocenters. The molecule has 0 saturated heterocycles. The second kappa shape index (κ2) is 5.22. The lowest BCUT2D eigenvalue weighted by Gasteiger charge is -2.01. The maximum absolute atomic E-state index is 11.1. The summed E-state index contributed by atoms with van der Waals surface area (Å²) in [4.78, 5) is 15.5. The highest BCUT2D eigenvalue weighted by Gasteiger charge is 2.11. The van der Waals surface area contributed by atoms with Gasteiger partial charge in [-0.3, -0.25) is 4.79 Å². The fraction of sp³-hybridized carbons (Fsp3) is 0.125. The molecule has 0 aliphatic heterocycles. The van der Waals surface area contributed by atoms with Crippen molar-refractivity contribution in [2.75, 3.05) is 7.11 Å². The summed E-state index contributed by atoms with van der Waals surface area (Å²) in [5.41, 5.74) is 3.63. The number of hydrogen-bond donors (Lipinski definition) is 0. The molecule has 5 heteroatoms. The summed E-state index contributed by atoms with van der Waals surface area (Å²) in [6, 6.07) is 10.5. The van der Waals surface area contributed by atoms with E-state index in [1.165, 1.54) is 0 Å². The number of oxazole rings is 1. The molecule has 0 spiro atoms. The summed E-state index contributed by atoms with van der Waals surface area (Å²) >= 11 is 5.42. The zero-order valence-electron chi connectivity index (χ0n) is 11.5. The number of benzene rings is 2. The van der Waals surface area contributed by atoms with Crippen LogP contribution >= 0.6 is 11.6 Å². The highest BCUT2D eigenvalue weighted by molar-refractivity contribution is 6.67. The molecule has 1 aromatic heterocycles. The van der Waals surface area contributed by atoms with Gasteiger partial charge < -0.3 is 9.15 Å². The standard InChI is InChI=1S/C16H12ClNO3/c1-9-7-14-12(8-13(9)20-2)18-16(21-14)11-5-3-10(4-6-11)15(17)19/h3-8H,1-2H3. The van der Waals surface area contributed by atoms with Crippen molar-refractivity contribution < 1.29 is 13.9 Å². The number of nitrogens with zero attached hydrogens (tertiary/aromatic N) is 1. The van der Waals surface area contributed by atoms with Gasteiger partial charge in [-0.15, -0.1) is 0 Å². The number of hydrogen-bond acceptors (Lipinski definition) is 4. The van der Waals surface area contributed by atoms with Gasteiger partial charge in [0.2, 0.25) is 5.89 Å². The smallest absolute Gasteiger partial charge is 0.252 e. The molecule has 4 nitrogen and oxygen atoms in total. The first-order valence-corrected chi connectivity index (χ1v) is 6.71. The fourth-order valence-electron chi connectivity index (χ4n) is 2.14. The Hall–Kier alpha value is -2.33. The molecule has 1 heterocycles. The van der Waals surface area contributed by atoms with Gasteiger partial charge in [0.25, 0.3) is 5.24 Å². The number of halogens is 1. The topological polar surface area (TPSA) is 52.3 Å². The number of methoxy groups -OCH3 is 1. The average molecular weight is 302 g/mol. The highest BCUT2D eigenvalue weighted by Crippen LogP contribution is 2.29. The predicted octanol–water partition coefficient (Wildman–Crippen LogP) is 4.19. The van der Waals surface area contributed by atoms with Gasteiger partial charge in [-0.2, -0.15) is 0 Å². The van der Waals surface area contributed by atoms with Crippen molar-refractivity contribution in [1.82, 2.24) is 4.98 Å². The van der Waals surface area contributed by atoms with Crippen LogP contribution in [0.1, 0.15) is 15.9 Å². The summed E-state index contributed by atoms with van der Waals surface area (Å²) in [5.74, 6) is 1.26. The van der Waals surface area contributed by atoms with Crippen LogP contribution in [0.5, 0.6) is 5.75 Å². The number of fused-ring (bicyclic) bond motifs is 1. The van der Waals surface area contributed by atoms with Gasteiger partial charge in [-0.25, -0.2) is 4.98 Å². The normalized spacial score (nSPS) is 10.8. The largest absolute Gasteiger partial charge is 0.496 e. The van der Waals surface area contributed by atoms with Crippen LogP contribution in [0.25, 0.3) is 22.6 Å². The van der Waals surface area contributed by atoms with E-state index < -0.39 is 5.24 Å². The molecule has 0 radical (unpaired) electrons. The molecular formula is C16H12ClNO3. The summed E-state index contributed by atoms with van der Waals surface area (Å²) in [5, 5.41) is -0.487. The van der Waals surface area contributed by atoms with E-state index in [0.717, 1.165) is 22.4 Å². The third kappa shape index (κ3) is 2.50. The van der Waals surface area contributed by atoms with E-state index in [4.69, 9.17) is 20.8 Å². The number of carbonyl (C=O) groups excluding carboxylic acids is 1. The second-order valence-corrected chi connectivity index (χ2v) is 5.00. The molecule has 0 unspecified atom stereocenters. The lowest BCUT2D eigenvalue weighted by molar-refractivity contribution is 0.108. The Morgan fingerprint density at radius 2 is 1.95 bits per heavy atom. The molecule has 21 heavy (non-hydrogen) atoms. The summed E-state index contributed by atoms with van der Waals surface area (Å²) in [6.07, 6.45) is 0. The molecule has 0 saturated carbocycles. The first kappa shape index (κ1) is 13.6. The Labute approximate surface area is 126 Å². The second-order valence-electron chi connectivity index (χ2n) is 4.66. The van der Waals surface area contributed by atoms with Crippen LogP contribution in [-0.4, -0.2) is 17.3 Å². The minimum absolute atomic E-state index is 0.439. The Balaban J connectivity index is 2.06. The van der Waals surface area contributed by atoms with Gasteiger partial charge in [0, 0.05) is 17.2 Å². The van der Waals surface area contributed by atoms with Crippen molar-refractivity contribution in [3.05, 3.63) is 47.5 Å². The molecule has 0 aliphatic carbocycles. The quantitative estimate of drug-likeness (QED) is 0.681. The third-order valence-corrected chi connectivity index (χ3v) is 3.48. The molecule has 0 N–H and O–H groups in total. The van der Waals surface area contributed by atoms with Crippen molar-refractivity contribution in [2.45, 2.75) is 6.92 Å². The van der Waals surface area contributed by atoms with E-state index in [2.05, 4.69) is 4.98 Å². The molecular weight excluding hydrogens is 290 g/mol. The van der Waals surface area contributed by atoms with Crippen molar-refractivity contribution in [1.29, 1.82) is 0 Å². The Kier molecular flexibility index (Phi) is 3.39. The van der Waals surface area contributed by atoms with Crippen LogP contribution < -0.4 is 4.74 Å². The Bertz CT molecular complexity index is 821. The van der Waals surface area contributed by atoms with E-state index in [1.54, 1.807) is 31.4 Å². The van der Waals surface area contributed by atoms with E-state index >= 15 is 0 Å².